The first-order chi connectivity index (χ1) is 24.5. The molecule has 1 aliphatic heterocycles. The van der Waals surface area contributed by atoms with E-state index in [-0.39, 0.29) is 41.1 Å². The molecular formula is C39H48BrN6O5Si. The summed E-state index contributed by atoms with van der Waals surface area (Å²) in [7, 11) is -1.37. The van der Waals surface area contributed by atoms with Crippen molar-refractivity contribution in [3.05, 3.63) is 88.8 Å². The lowest BCUT2D eigenvalue weighted by Crippen LogP contribution is -2.59. The number of carbonyl (C=O) groups is 3. The van der Waals surface area contributed by atoms with Crippen molar-refractivity contribution < 1.29 is 23.9 Å². The number of hydrogen-bond donors (Lipinski definition) is 2. The number of benzene rings is 2. The zero-order valence-corrected chi connectivity index (χ0v) is 33.7. The van der Waals surface area contributed by atoms with E-state index in [4.69, 9.17) is 9.47 Å². The number of aromatic nitrogens is 2. The van der Waals surface area contributed by atoms with Gasteiger partial charge in [-0.3, -0.25) is 15.1 Å². The zero-order chi connectivity index (χ0) is 37.8. The summed E-state index contributed by atoms with van der Waals surface area (Å²) in [5, 5.41) is 6.40. The fraction of sp³-hybridized carbons (Fsp3) is 0.410. The van der Waals surface area contributed by atoms with Crippen molar-refractivity contribution in [3.8, 4) is 0 Å². The normalized spacial score (nSPS) is 16.4. The molecule has 3 amide bonds. The number of rotatable bonds is 8. The molecule has 13 heteroatoms. The maximum Gasteiger partial charge on any atom is 0.412 e. The fourth-order valence-electron chi connectivity index (χ4n) is 6.15. The number of fused-ring (bicyclic) bond motifs is 1. The van der Waals surface area contributed by atoms with Crippen molar-refractivity contribution in [1.82, 2.24) is 14.5 Å². The molecule has 275 valence electrons. The number of pyridine rings is 2. The predicted molar refractivity (Wildman–Crippen MR) is 211 cm³/mol. The number of carbonyl (C=O) groups excluding carboxylic acids is 3. The van der Waals surface area contributed by atoms with Gasteiger partial charge in [0.25, 0.3) is 5.91 Å². The molecule has 3 heterocycles. The van der Waals surface area contributed by atoms with Crippen LogP contribution in [0.1, 0.15) is 70.9 Å². The second-order valence-electron chi connectivity index (χ2n) is 15.3. The lowest BCUT2D eigenvalue weighted by molar-refractivity contribution is 0.0298. The van der Waals surface area contributed by atoms with Crippen LogP contribution in [-0.4, -0.2) is 66.3 Å². The van der Waals surface area contributed by atoms with Gasteiger partial charge < -0.3 is 24.3 Å². The van der Waals surface area contributed by atoms with Crippen molar-refractivity contribution in [3.63, 3.8) is 0 Å². The molecule has 4 aromatic rings. The Kier molecular flexibility index (Phi) is 11.9. The molecule has 0 saturated carbocycles. The molecule has 1 saturated heterocycles. The number of amides is 3. The van der Waals surface area contributed by atoms with Crippen LogP contribution in [0.25, 0.3) is 10.9 Å². The number of hydrogen-bond acceptors (Lipinski definition) is 8. The minimum Gasteiger partial charge on any atom is -0.444 e. The Morgan fingerprint density at radius 1 is 0.981 bits per heavy atom. The summed E-state index contributed by atoms with van der Waals surface area (Å²) >= 11 is 3.49. The summed E-state index contributed by atoms with van der Waals surface area (Å²) in [4.78, 5) is 52.1. The third-order valence-corrected chi connectivity index (χ3v) is 12.8. The number of piperidine rings is 1. The molecule has 0 aliphatic carbocycles. The molecule has 2 aromatic heterocycles. The van der Waals surface area contributed by atoms with Gasteiger partial charge in [0.1, 0.15) is 12.2 Å². The van der Waals surface area contributed by atoms with E-state index in [1.54, 1.807) is 18.5 Å². The summed E-state index contributed by atoms with van der Waals surface area (Å²) in [5.41, 5.74) is 2.24. The molecule has 11 nitrogen and oxygen atoms in total. The first kappa shape index (κ1) is 38.7. The molecule has 2 atom stereocenters. The monoisotopic (exact) mass is 787 g/mol. The predicted octanol–water partition coefficient (Wildman–Crippen LogP) is 9.27. The highest BCUT2D eigenvalue weighted by Gasteiger charge is 2.42. The van der Waals surface area contributed by atoms with Crippen LogP contribution in [-0.2, 0) is 16.1 Å². The van der Waals surface area contributed by atoms with Crippen LogP contribution < -0.4 is 15.5 Å². The molecule has 2 N–H and O–H groups in total. The maximum atomic E-state index is 14.1. The van der Waals surface area contributed by atoms with Crippen molar-refractivity contribution in [2.45, 2.75) is 84.7 Å². The van der Waals surface area contributed by atoms with Gasteiger partial charge in [0.15, 0.2) is 14.7 Å². The van der Waals surface area contributed by atoms with Crippen LogP contribution >= 0.6 is 15.9 Å². The van der Waals surface area contributed by atoms with E-state index in [1.165, 1.54) is 0 Å². The highest BCUT2D eigenvalue weighted by Crippen LogP contribution is 2.36. The van der Waals surface area contributed by atoms with Crippen LogP contribution in [0.2, 0.25) is 11.6 Å². The first-order valence-electron chi connectivity index (χ1n) is 17.4. The van der Waals surface area contributed by atoms with E-state index in [2.05, 4.69) is 75.7 Å². The van der Waals surface area contributed by atoms with Crippen molar-refractivity contribution >= 4 is 70.9 Å². The lowest BCUT2D eigenvalue weighted by Gasteiger charge is -2.47. The molecule has 5 rings (SSSR count). The van der Waals surface area contributed by atoms with E-state index >= 15 is 0 Å². The Morgan fingerprint density at radius 2 is 1.71 bits per heavy atom. The molecule has 1 radical (unpaired) electrons. The van der Waals surface area contributed by atoms with E-state index in [0.717, 1.165) is 34.1 Å². The fourth-order valence-corrected chi connectivity index (χ4v) is 8.28. The van der Waals surface area contributed by atoms with Crippen LogP contribution in [0.4, 0.5) is 26.7 Å². The summed E-state index contributed by atoms with van der Waals surface area (Å²) in [6, 6.07) is 18.3. The minimum absolute atomic E-state index is 0.0152. The summed E-state index contributed by atoms with van der Waals surface area (Å²) in [5.74, 6) is -0.285. The summed E-state index contributed by atoms with van der Waals surface area (Å²) in [6.07, 6.45) is 3.12. The average molecular weight is 789 g/mol. The Labute approximate surface area is 316 Å². The third kappa shape index (κ3) is 9.88. The Balaban J connectivity index is 1.43. The minimum atomic E-state index is -1.37. The maximum absolute atomic E-state index is 14.1. The van der Waals surface area contributed by atoms with Crippen molar-refractivity contribution in [2.75, 3.05) is 28.6 Å². The zero-order valence-electron chi connectivity index (χ0n) is 31.1. The molecule has 2 aromatic carbocycles. The number of halogens is 1. The van der Waals surface area contributed by atoms with Crippen molar-refractivity contribution in [2.24, 2.45) is 5.92 Å². The molecule has 1 fully saturated rings. The number of ether oxygens (including phenoxy) is 2. The van der Waals surface area contributed by atoms with E-state index < -0.39 is 26.6 Å². The van der Waals surface area contributed by atoms with Gasteiger partial charge in [0.05, 0.1) is 28.8 Å². The van der Waals surface area contributed by atoms with Gasteiger partial charge >= 0.3 is 12.2 Å². The number of anilines is 3. The molecule has 2 unspecified atom stereocenters. The third-order valence-electron chi connectivity index (χ3n) is 8.87. The van der Waals surface area contributed by atoms with Gasteiger partial charge in [-0.1, -0.05) is 86.6 Å². The van der Waals surface area contributed by atoms with Gasteiger partial charge in [-0.2, -0.15) is 0 Å². The Hall–Kier alpha value is -4.49. The first-order valence-corrected chi connectivity index (χ1v) is 20.2. The smallest absolute Gasteiger partial charge is 0.412 e. The standard InChI is InChI=1S/C39H48BrN6O5Si/c1-25-18-29(46(52(8)39(5,6)7)37(49)51-38(2,3)4)23-45(22-25)33-16-17-41-21-32(33)43-35(47)34-31(19-27-14-15-28(40)20-30(27)42-34)44-36(48)50-24-26-12-10-9-11-13-26/h9-17,19-21,25,29H,18,22-24H2,1-8H3,(H,43,47)(H,44,48). The van der Waals surface area contributed by atoms with Crippen LogP contribution in [0.15, 0.2) is 77.5 Å². The summed E-state index contributed by atoms with van der Waals surface area (Å²) in [6.45, 7) is 17.9. The van der Waals surface area contributed by atoms with Gasteiger partial charge in [0.2, 0.25) is 0 Å². The number of nitrogens with zero attached hydrogens (tertiary/aromatic N) is 4. The highest BCUT2D eigenvalue weighted by molar-refractivity contribution is 9.10. The SMILES string of the molecule is CC1CC(N(C(=O)OC(C)(C)C)[Si](C)C(C)(C)C)CN(c2ccncc2NC(=O)c2nc3cc(Br)ccc3cc2NC(=O)OCc2ccccc2)C1. The average Bonchev–Trinajstić information content (AvgIpc) is 3.06. The van der Waals surface area contributed by atoms with Gasteiger partial charge in [0, 0.05) is 35.2 Å². The van der Waals surface area contributed by atoms with Crippen LogP contribution in [0.5, 0.6) is 0 Å². The summed E-state index contributed by atoms with van der Waals surface area (Å²) < 4.78 is 14.2. The van der Waals surface area contributed by atoms with Gasteiger partial charge in [-0.15, -0.1) is 0 Å². The Bertz CT molecular complexity index is 1920. The Morgan fingerprint density at radius 3 is 2.40 bits per heavy atom. The van der Waals surface area contributed by atoms with Crippen molar-refractivity contribution in [1.29, 1.82) is 0 Å². The number of nitrogens with one attached hydrogen (secondary N) is 2. The van der Waals surface area contributed by atoms with E-state index in [0.29, 0.717) is 17.7 Å². The molecular weight excluding hydrogens is 740 g/mol. The molecule has 52 heavy (non-hydrogen) atoms. The highest BCUT2D eigenvalue weighted by atomic mass is 79.9. The largest absolute Gasteiger partial charge is 0.444 e. The molecule has 0 bridgehead atoms. The van der Waals surface area contributed by atoms with Gasteiger partial charge in [-0.05, 0) is 68.0 Å². The quantitative estimate of drug-likeness (QED) is 0.169. The van der Waals surface area contributed by atoms with E-state index in [9.17, 15) is 14.4 Å². The second-order valence-corrected chi connectivity index (χ2v) is 19.4. The lowest BCUT2D eigenvalue weighted by atomic mass is 9.95. The topological polar surface area (TPSA) is 126 Å². The molecule has 0 spiro atoms. The molecule has 1 aliphatic rings. The van der Waals surface area contributed by atoms with Crippen LogP contribution in [0, 0.1) is 5.92 Å². The van der Waals surface area contributed by atoms with E-state index in [1.807, 2.05) is 79.9 Å². The van der Waals surface area contributed by atoms with Crippen LogP contribution in [0.3, 0.4) is 0 Å². The second kappa shape index (κ2) is 16.0. The van der Waals surface area contributed by atoms with Gasteiger partial charge in [-0.25, -0.2) is 14.6 Å².